The molecule has 0 aliphatic carbocycles. The van der Waals surface area contributed by atoms with Crippen molar-refractivity contribution in [1.82, 2.24) is 9.55 Å². The lowest BCUT2D eigenvalue weighted by atomic mass is 10.2. The summed E-state index contributed by atoms with van der Waals surface area (Å²) in [6.45, 7) is 0. The molecule has 0 bridgehead atoms. The number of rotatable bonds is 2. The molecule has 0 amide bonds. The molecule has 0 saturated heterocycles. The van der Waals surface area contributed by atoms with Crippen molar-refractivity contribution >= 4 is 6.29 Å². The van der Waals surface area contributed by atoms with Crippen LogP contribution in [0.4, 0.5) is 0 Å². The first-order valence-electron chi connectivity index (χ1n) is 4.08. The van der Waals surface area contributed by atoms with Crippen LogP contribution in [0.15, 0.2) is 36.9 Å². The Labute approximate surface area is 80.4 Å². The highest BCUT2D eigenvalue weighted by atomic mass is 16.3. The van der Waals surface area contributed by atoms with Crippen LogP contribution in [0, 0.1) is 0 Å². The van der Waals surface area contributed by atoms with Gasteiger partial charge in [0.25, 0.3) is 0 Å². The summed E-state index contributed by atoms with van der Waals surface area (Å²) >= 11 is 0. The average molecular weight is 188 g/mol. The zero-order valence-corrected chi connectivity index (χ0v) is 7.29. The van der Waals surface area contributed by atoms with Crippen LogP contribution in [0.25, 0.3) is 5.69 Å². The fraction of sp³-hybridized carbons (Fsp3) is 0. The maximum atomic E-state index is 10.4. The molecule has 0 spiro atoms. The second-order valence-corrected chi connectivity index (χ2v) is 2.83. The standard InChI is InChI=1S/C10H8N2O2/c13-6-8-1-2-9(5-10(8)14)12-4-3-11-7-12/h1-7,14H. The number of benzene rings is 1. The summed E-state index contributed by atoms with van der Waals surface area (Å²) in [5, 5.41) is 9.43. The van der Waals surface area contributed by atoms with Crippen molar-refractivity contribution in [2.75, 3.05) is 0 Å². The van der Waals surface area contributed by atoms with Gasteiger partial charge in [-0.2, -0.15) is 0 Å². The van der Waals surface area contributed by atoms with Gasteiger partial charge in [-0.1, -0.05) is 0 Å². The van der Waals surface area contributed by atoms with Gasteiger partial charge in [0.1, 0.15) is 5.75 Å². The van der Waals surface area contributed by atoms with E-state index in [-0.39, 0.29) is 11.3 Å². The Morgan fingerprint density at radius 3 is 2.86 bits per heavy atom. The Balaban J connectivity index is 2.48. The van der Waals surface area contributed by atoms with E-state index in [9.17, 15) is 9.90 Å². The number of imidazole rings is 1. The predicted molar refractivity (Wildman–Crippen MR) is 50.6 cm³/mol. The number of hydrogen-bond acceptors (Lipinski definition) is 3. The van der Waals surface area contributed by atoms with Crippen LogP contribution in [-0.2, 0) is 0 Å². The highest BCUT2D eigenvalue weighted by molar-refractivity contribution is 5.79. The van der Waals surface area contributed by atoms with Crippen LogP contribution in [-0.4, -0.2) is 20.9 Å². The topological polar surface area (TPSA) is 55.1 Å². The van der Waals surface area contributed by atoms with Gasteiger partial charge in [0, 0.05) is 18.5 Å². The molecule has 0 atom stereocenters. The summed E-state index contributed by atoms with van der Waals surface area (Å²) < 4.78 is 1.74. The number of phenols is 1. The van der Waals surface area contributed by atoms with Gasteiger partial charge in [0.2, 0.25) is 0 Å². The van der Waals surface area contributed by atoms with Crippen molar-refractivity contribution in [3.63, 3.8) is 0 Å². The van der Waals surface area contributed by atoms with Crippen LogP contribution in [0.5, 0.6) is 5.75 Å². The molecule has 4 nitrogen and oxygen atoms in total. The predicted octanol–water partition coefficient (Wildman–Crippen LogP) is 1.39. The highest BCUT2D eigenvalue weighted by Gasteiger charge is 2.01. The van der Waals surface area contributed by atoms with E-state index in [1.807, 2.05) is 0 Å². The first-order valence-corrected chi connectivity index (χ1v) is 4.08. The number of phenolic OH excluding ortho intramolecular Hbond substituents is 1. The van der Waals surface area contributed by atoms with Crippen molar-refractivity contribution < 1.29 is 9.90 Å². The molecule has 0 radical (unpaired) electrons. The van der Waals surface area contributed by atoms with E-state index in [1.165, 1.54) is 6.07 Å². The molecule has 2 aromatic rings. The summed E-state index contributed by atoms with van der Waals surface area (Å²) in [5.74, 6) is -0.0220. The SMILES string of the molecule is O=Cc1ccc(-n2ccnc2)cc1O. The normalized spacial score (nSPS) is 10.0. The van der Waals surface area contributed by atoms with Crippen LogP contribution in [0.2, 0.25) is 0 Å². The van der Waals surface area contributed by atoms with E-state index in [0.29, 0.717) is 6.29 Å². The van der Waals surface area contributed by atoms with Crippen LogP contribution in [0.1, 0.15) is 10.4 Å². The maximum absolute atomic E-state index is 10.4. The third-order valence-corrected chi connectivity index (χ3v) is 1.94. The van der Waals surface area contributed by atoms with Crippen molar-refractivity contribution in [3.8, 4) is 11.4 Å². The number of aromatic nitrogens is 2. The minimum Gasteiger partial charge on any atom is -0.507 e. The number of aldehydes is 1. The molecule has 1 N–H and O–H groups in total. The monoisotopic (exact) mass is 188 g/mol. The van der Waals surface area contributed by atoms with Crippen LogP contribution < -0.4 is 0 Å². The molecule has 4 heteroatoms. The summed E-state index contributed by atoms with van der Waals surface area (Å²) in [4.78, 5) is 14.3. The molecule has 0 saturated carbocycles. The van der Waals surface area contributed by atoms with E-state index in [1.54, 1.807) is 35.4 Å². The van der Waals surface area contributed by atoms with Gasteiger partial charge in [-0.15, -0.1) is 0 Å². The number of hydrogen-bond donors (Lipinski definition) is 1. The van der Waals surface area contributed by atoms with Gasteiger partial charge in [-0.3, -0.25) is 4.79 Å². The van der Waals surface area contributed by atoms with Gasteiger partial charge in [-0.05, 0) is 12.1 Å². The van der Waals surface area contributed by atoms with Crippen molar-refractivity contribution in [2.24, 2.45) is 0 Å². The zero-order chi connectivity index (χ0) is 9.97. The molecule has 2 rings (SSSR count). The van der Waals surface area contributed by atoms with E-state index in [4.69, 9.17) is 0 Å². The lowest BCUT2D eigenvalue weighted by Gasteiger charge is -2.03. The molecule has 0 unspecified atom stereocenters. The quantitative estimate of drug-likeness (QED) is 0.724. The number of carbonyl (C=O) groups excluding carboxylic acids is 1. The summed E-state index contributed by atoms with van der Waals surface area (Å²) in [6, 6.07) is 4.83. The van der Waals surface area contributed by atoms with Crippen LogP contribution >= 0.6 is 0 Å². The molecule has 70 valence electrons. The fourth-order valence-corrected chi connectivity index (χ4v) is 1.20. The van der Waals surface area contributed by atoms with Crippen molar-refractivity contribution in [3.05, 3.63) is 42.5 Å². The Kier molecular flexibility index (Phi) is 2.02. The van der Waals surface area contributed by atoms with Gasteiger partial charge >= 0.3 is 0 Å². The van der Waals surface area contributed by atoms with Crippen LogP contribution in [0.3, 0.4) is 0 Å². The molecule has 14 heavy (non-hydrogen) atoms. The average Bonchev–Trinajstić information content (AvgIpc) is 2.70. The van der Waals surface area contributed by atoms with E-state index >= 15 is 0 Å². The Morgan fingerprint density at radius 2 is 2.29 bits per heavy atom. The summed E-state index contributed by atoms with van der Waals surface area (Å²) in [6.07, 6.45) is 5.64. The highest BCUT2D eigenvalue weighted by Crippen LogP contribution is 2.19. The van der Waals surface area contributed by atoms with Gasteiger partial charge < -0.3 is 9.67 Å². The maximum Gasteiger partial charge on any atom is 0.153 e. The Bertz CT molecular complexity index is 449. The van der Waals surface area contributed by atoms with E-state index in [2.05, 4.69) is 4.98 Å². The van der Waals surface area contributed by atoms with E-state index in [0.717, 1.165) is 5.69 Å². The minimum atomic E-state index is -0.0220. The molecular weight excluding hydrogens is 180 g/mol. The van der Waals surface area contributed by atoms with E-state index < -0.39 is 0 Å². The second kappa shape index (κ2) is 3.33. The largest absolute Gasteiger partial charge is 0.507 e. The lowest BCUT2D eigenvalue weighted by Crippen LogP contribution is -1.90. The zero-order valence-electron chi connectivity index (χ0n) is 7.29. The first kappa shape index (κ1) is 8.50. The van der Waals surface area contributed by atoms with Crippen molar-refractivity contribution in [2.45, 2.75) is 0 Å². The summed E-state index contributed by atoms with van der Waals surface area (Å²) in [7, 11) is 0. The Morgan fingerprint density at radius 1 is 1.43 bits per heavy atom. The third-order valence-electron chi connectivity index (χ3n) is 1.94. The number of carbonyl (C=O) groups is 1. The van der Waals surface area contributed by atoms with Crippen molar-refractivity contribution in [1.29, 1.82) is 0 Å². The smallest absolute Gasteiger partial charge is 0.153 e. The molecule has 1 aromatic heterocycles. The van der Waals surface area contributed by atoms with Gasteiger partial charge in [0.15, 0.2) is 6.29 Å². The van der Waals surface area contributed by atoms with Gasteiger partial charge in [-0.25, -0.2) is 4.98 Å². The lowest BCUT2D eigenvalue weighted by molar-refractivity contribution is 0.112. The molecule has 1 aromatic carbocycles. The number of nitrogens with zero attached hydrogens (tertiary/aromatic N) is 2. The first-order chi connectivity index (χ1) is 6.81. The number of aromatic hydroxyl groups is 1. The molecule has 0 fully saturated rings. The summed E-state index contributed by atoms with van der Waals surface area (Å²) in [5.41, 5.74) is 1.06. The third kappa shape index (κ3) is 1.37. The Hall–Kier alpha value is -2.10. The fourth-order valence-electron chi connectivity index (χ4n) is 1.20. The molecular formula is C10H8N2O2. The minimum absolute atomic E-state index is 0.0220. The van der Waals surface area contributed by atoms with Gasteiger partial charge in [0.05, 0.1) is 17.6 Å². The molecule has 1 heterocycles. The second-order valence-electron chi connectivity index (χ2n) is 2.83. The molecule has 0 aliphatic heterocycles. The molecule has 0 aliphatic rings.